The summed E-state index contributed by atoms with van der Waals surface area (Å²) in [5, 5.41) is 10.9. The summed E-state index contributed by atoms with van der Waals surface area (Å²) in [6, 6.07) is 0. The number of hydrogen-bond acceptors (Lipinski definition) is 2. The molecule has 0 amide bonds. The zero-order valence-corrected chi connectivity index (χ0v) is 11.3. The van der Waals surface area contributed by atoms with Crippen molar-refractivity contribution < 1.29 is 9.84 Å². The molecule has 96 valence electrons. The molecule has 3 atom stereocenters. The quantitative estimate of drug-likeness (QED) is 0.783. The SMILES string of the molecule is COCCC(C)C1(O)CCCCC1C(C)C. The molecular weight excluding hydrogens is 200 g/mol. The van der Waals surface area contributed by atoms with Crippen LogP contribution in [0, 0.1) is 17.8 Å². The highest BCUT2D eigenvalue weighted by Crippen LogP contribution is 2.43. The Hall–Kier alpha value is -0.0800. The van der Waals surface area contributed by atoms with Gasteiger partial charge in [-0.1, -0.05) is 33.6 Å². The predicted octanol–water partition coefficient (Wildman–Crippen LogP) is 3.24. The van der Waals surface area contributed by atoms with E-state index in [4.69, 9.17) is 4.74 Å². The van der Waals surface area contributed by atoms with E-state index in [1.54, 1.807) is 7.11 Å². The minimum atomic E-state index is -0.453. The molecule has 1 aliphatic rings. The van der Waals surface area contributed by atoms with E-state index in [1.165, 1.54) is 19.3 Å². The molecule has 0 heterocycles. The zero-order chi connectivity index (χ0) is 12.2. The maximum atomic E-state index is 10.9. The first-order chi connectivity index (χ1) is 7.52. The summed E-state index contributed by atoms with van der Waals surface area (Å²) in [7, 11) is 1.73. The van der Waals surface area contributed by atoms with Crippen molar-refractivity contribution in [3.8, 4) is 0 Å². The van der Waals surface area contributed by atoms with Crippen molar-refractivity contribution in [1.82, 2.24) is 0 Å². The number of methoxy groups -OCH3 is 1. The molecule has 1 aliphatic carbocycles. The molecule has 0 radical (unpaired) electrons. The van der Waals surface area contributed by atoms with E-state index in [-0.39, 0.29) is 0 Å². The van der Waals surface area contributed by atoms with E-state index < -0.39 is 5.60 Å². The summed E-state index contributed by atoms with van der Waals surface area (Å²) in [5.41, 5.74) is -0.453. The second-order valence-electron chi connectivity index (χ2n) is 5.77. The first-order valence-electron chi connectivity index (χ1n) is 6.73. The number of hydrogen-bond donors (Lipinski definition) is 1. The van der Waals surface area contributed by atoms with Gasteiger partial charge < -0.3 is 9.84 Å². The summed E-state index contributed by atoms with van der Waals surface area (Å²) < 4.78 is 5.13. The molecule has 0 aromatic rings. The van der Waals surface area contributed by atoms with Gasteiger partial charge in [0, 0.05) is 13.7 Å². The maximum absolute atomic E-state index is 10.9. The minimum absolute atomic E-state index is 0.347. The summed E-state index contributed by atoms with van der Waals surface area (Å²) in [5.74, 6) is 1.39. The second kappa shape index (κ2) is 6.02. The lowest BCUT2D eigenvalue weighted by atomic mass is 9.64. The van der Waals surface area contributed by atoms with E-state index in [2.05, 4.69) is 20.8 Å². The highest BCUT2D eigenvalue weighted by Gasteiger charge is 2.43. The first-order valence-corrected chi connectivity index (χ1v) is 6.73. The van der Waals surface area contributed by atoms with Crippen LogP contribution in [-0.4, -0.2) is 24.4 Å². The lowest BCUT2D eigenvalue weighted by molar-refractivity contribution is -0.110. The van der Waals surface area contributed by atoms with Gasteiger partial charge in [0.25, 0.3) is 0 Å². The predicted molar refractivity (Wildman–Crippen MR) is 67.4 cm³/mol. The third-order valence-electron chi connectivity index (χ3n) is 4.40. The van der Waals surface area contributed by atoms with Gasteiger partial charge in [-0.2, -0.15) is 0 Å². The number of rotatable bonds is 5. The Labute approximate surface area is 100 Å². The Balaban J connectivity index is 2.68. The van der Waals surface area contributed by atoms with Gasteiger partial charge in [0.2, 0.25) is 0 Å². The van der Waals surface area contributed by atoms with Gasteiger partial charge in [-0.3, -0.25) is 0 Å². The fourth-order valence-corrected chi connectivity index (χ4v) is 3.27. The topological polar surface area (TPSA) is 29.5 Å². The van der Waals surface area contributed by atoms with Crippen LogP contribution in [0.15, 0.2) is 0 Å². The molecule has 0 aromatic carbocycles. The van der Waals surface area contributed by atoms with E-state index in [0.29, 0.717) is 17.8 Å². The maximum Gasteiger partial charge on any atom is 0.0704 e. The molecule has 0 spiro atoms. The van der Waals surface area contributed by atoms with Gasteiger partial charge in [-0.15, -0.1) is 0 Å². The van der Waals surface area contributed by atoms with Gasteiger partial charge in [0.1, 0.15) is 0 Å². The Bertz CT molecular complexity index is 203. The van der Waals surface area contributed by atoms with Crippen LogP contribution in [0.25, 0.3) is 0 Å². The van der Waals surface area contributed by atoms with E-state index in [0.717, 1.165) is 19.4 Å². The molecule has 3 unspecified atom stereocenters. The molecule has 1 rings (SSSR count). The van der Waals surface area contributed by atoms with Crippen LogP contribution in [0.5, 0.6) is 0 Å². The second-order valence-corrected chi connectivity index (χ2v) is 5.77. The largest absolute Gasteiger partial charge is 0.389 e. The molecule has 0 aromatic heterocycles. The minimum Gasteiger partial charge on any atom is -0.389 e. The Morgan fingerprint density at radius 3 is 2.56 bits per heavy atom. The molecule has 2 nitrogen and oxygen atoms in total. The smallest absolute Gasteiger partial charge is 0.0704 e. The third-order valence-corrected chi connectivity index (χ3v) is 4.40. The van der Waals surface area contributed by atoms with Crippen molar-refractivity contribution in [3.05, 3.63) is 0 Å². The molecule has 16 heavy (non-hydrogen) atoms. The van der Waals surface area contributed by atoms with Crippen LogP contribution < -0.4 is 0 Å². The number of ether oxygens (including phenoxy) is 1. The van der Waals surface area contributed by atoms with Crippen LogP contribution >= 0.6 is 0 Å². The average Bonchev–Trinajstić information content (AvgIpc) is 2.25. The van der Waals surface area contributed by atoms with Crippen LogP contribution in [-0.2, 0) is 4.74 Å². The Kier molecular flexibility index (Phi) is 5.26. The van der Waals surface area contributed by atoms with Crippen LogP contribution in [0.3, 0.4) is 0 Å². The molecular formula is C14H28O2. The zero-order valence-electron chi connectivity index (χ0n) is 11.3. The normalized spacial score (nSPS) is 33.0. The average molecular weight is 228 g/mol. The van der Waals surface area contributed by atoms with Crippen LogP contribution in [0.2, 0.25) is 0 Å². The molecule has 0 aliphatic heterocycles. The van der Waals surface area contributed by atoms with Crippen molar-refractivity contribution in [2.45, 2.75) is 58.5 Å². The van der Waals surface area contributed by atoms with Crippen molar-refractivity contribution in [2.24, 2.45) is 17.8 Å². The van der Waals surface area contributed by atoms with Gasteiger partial charge >= 0.3 is 0 Å². The lowest BCUT2D eigenvalue weighted by Crippen LogP contribution is -2.48. The summed E-state index contributed by atoms with van der Waals surface area (Å²) in [6.07, 6.45) is 5.58. The molecule has 1 N–H and O–H groups in total. The van der Waals surface area contributed by atoms with Gasteiger partial charge in [0.05, 0.1) is 5.60 Å². The summed E-state index contributed by atoms with van der Waals surface area (Å²) in [6.45, 7) is 7.42. The van der Waals surface area contributed by atoms with Crippen molar-refractivity contribution in [2.75, 3.05) is 13.7 Å². The van der Waals surface area contributed by atoms with Crippen molar-refractivity contribution in [3.63, 3.8) is 0 Å². The molecule has 0 saturated heterocycles. The summed E-state index contributed by atoms with van der Waals surface area (Å²) in [4.78, 5) is 0. The first kappa shape index (κ1) is 14.0. The fraction of sp³-hybridized carbons (Fsp3) is 1.00. The Morgan fingerprint density at radius 2 is 2.00 bits per heavy atom. The van der Waals surface area contributed by atoms with Gasteiger partial charge in [-0.05, 0) is 37.0 Å². The van der Waals surface area contributed by atoms with Crippen LogP contribution in [0.4, 0.5) is 0 Å². The van der Waals surface area contributed by atoms with Crippen LogP contribution in [0.1, 0.15) is 52.9 Å². The Morgan fingerprint density at radius 1 is 1.31 bits per heavy atom. The fourth-order valence-electron chi connectivity index (χ4n) is 3.27. The van der Waals surface area contributed by atoms with Crippen molar-refractivity contribution >= 4 is 0 Å². The monoisotopic (exact) mass is 228 g/mol. The summed E-state index contributed by atoms with van der Waals surface area (Å²) >= 11 is 0. The molecule has 0 bridgehead atoms. The van der Waals surface area contributed by atoms with Gasteiger partial charge in [0.15, 0.2) is 0 Å². The highest BCUT2D eigenvalue weighted by molar-refractivity contribution is 4.94. The van der Waals surface area contributed by atoms with E-state index >= 15 is 0 Å². The van der Waals surface area contributed by atoms with E-state index in [1.807, 2.05) is 0 Å². The third kappa shape index (κ3) is 2.98. The number of aliphatic hydroxyl groups is 1. The molecule has 1 fully saturated rings. The molecule has 1 saturated carbocycles. The highest BCUT2D eigenvalue weighted by atomic mass is 16.5. The lowest BCUT2D eigenvalue weighted by Gasteiger charge is -2.46. The molecule has 2 heteroatoms. The standard InChI is InChI=1S/C14H28O2/c1-11(2)13-7-5-6-9-14(13,15)12(3)8-10-16-4/h11-13,15H,5-10H2,1-4H3. The van der Waals surface area contributed by atoms with Crippen molar-refractivity contribution in [1.29, 1.82) is 0 Å². The van der Waals surface area contributed by atoms with E-state index in [9.17, 15) is 5.11 Å². The van der Waals surface area contributed by atoms with Gasteiger partial charge in [-0.25, -0.2) is 0 Å².